The van der Waals surface area contributed by atoms with E-state index in [1.165, 1.54) is 23.1 Å². The van der Waals surface area contributed by atoms with Crippen LogP contribution in [0.3, 0.4) is 0 Å². The van der Waals surface area contributed by atoms with Gasteiger partial charge in [-0.2, -0.15) is 0 Å². The van der Waals surface area contributed by atoms with Crippen LogP contribution in [0.4, 0.5) is 16.2 Å². The zero-order valence-corrected chi connectivity index (χ0v) is 9.73. The molecule has 0 unspecified atom stereocenters. The summed E-state index contributed by atoms with van der Waals surface area (Å²) in [6.07, 6.45) is 0. The Kier molecular flexibility index (Phi) is 3.92. The number of rotatable bonds is 3. The molecule has 0 radical (unpaired) electrons. The van der Waals surface area contributed by atoms with Crippen molar-refractivity contribution < 1.29 is 14.7 Å². The van der Waals surface area contributed by atoms with E-state index in [2.05, 4.69) is 5.32 Å². The minimum absolute atomic E-state index is 0.0251. The van der Waals surface area contributed by atoms with Gasteiger partial charge in [0.05, 0.1) is 11.3 Å². The molecule has 0 saturated heterocycles. The Morgan fingerprint density at radius 1 is 1.47 bits per heavy atom. The van der Waals surface area contributed by atoms with Crippen molar-refractivity contribution in [2.24, 2.45) is 0 Å². The number of hydrogen-bond acceptors (Lipinski definition) is 3. The lowest BCUT2D eigenvalue weighted by Gasteiger charge is -2.16. The highest BCUT2D eigenvalue weighted by Crippen LogP contribution is 2.19. The minimum Gasteiger partial charge on any atom is -0.478 e. The van der Waals surface area contributed by atoms with E-state index >= 15 is 0 Å². The number of carbonyl (C=O) groups excluding carboxylic acids is 1. The van der Waals surface area contributed by atoms with Crippen LogP contribution in [-0.4, -0.2) is 35.6 Å². The first-order valence-corrected chi connectivity index (χ1v) is 5.10. The van der Waals surface area contributed by atoms with Crippen molar-refractivity contribution in [3.05, 3.63) is 23.8 Å². The molecule has 0 fully saturated rings. The van der Waals surface area contributed by atoms with Gasteiger partial charge in [0, 0.05) is 19.3 Å². The molecule has 1 aromatic rings. The number of anilines is 2. The first kappa shape index (κ1) is 12.8. The van der Waals surface area contributed by atoms with Gasteiger partial charge in [-0.3, -0.25) is 0 Å². The zero-order chi connectivity index (χ0) is 13.0. The van der Waals surface area contributed by atoms with Crippen molar-refractivity contribution in [3.63, 3.8) is 0 Å². The molecule has 6 heteroatoms. The molecule has 6 nitrogen and oxygen atoms in total. The minimum atomic E-state index is -1.13. The van der Waals surface area contributed by atoms with E-state index in [0.29, 0.717) is 12.2 Å². The number of hydrogen-bond donors (Lipinski definition) is 3. The molecule has 17 heavy (non-hydrogen) atoms. The summed E-state index contributed by atoms with van der Waals surface area (Å²) in [5, 5.41) is 11.5. The van der Waals surface area contributed by atoms with E-state index in [1.807, 2.05) is 6.92 Å². The van der Waals surface area contributed by atoms with Gasteiger partial charge in [-0.25, -0.2) is 9.59 Å². The fourth-order valence-corrected chi connectivity index (χ4v) is 1.20. The Labute approximate surface area is 99.0 Å². The van der Waals surface area contributed by atoms with E-state index < -0.39 is 5.97 Å². The first-order chi connectivity index (χ1) is 7.95. The van der Waals surface area contributed by atoms with Crippen molar-refractivity contribution in [3.8, 4) is 0 Å². The molecule has 0 heterocycles. The molecule has 4 N–H and O–H groups in total. The largest absolute Gasteiger partial charge is 0.478 e. The number of amides is 2. The van der Waals surface area contributed by atoms with Crippen LogP contribution < -0.4 is 11.1 Å². The fraction of sp³-hybridized carbons (Fsp3) is 0.273. The molecule has 0 bridgehead atoms. The van der Waals surface area contributed by atoms with Gasteiger partial charge in [0.15, 0.2) is 0 Å². The molecular weight excluding hydrogens is 222 g/mol. The van der Waals surface area contributed by atoms with Crippen LogP contribution in [0.25, 0.3) is 0 Å². The number of nitrogens with one attached hydrogen (secondary N) is 1. The van der Waals surface area contributed by atoms with Crippen LogP contribution in [0.2, 0.25) is 0 Å². The Hall–Kier alpha value is -2.24. The molecule has 1 rings (SSSR count). The van der Waals surface area contributed by atoms with Crippen LogP contribution >= 0.6 is 0 Å². The van der Waals surface area contributed by atoms with Crippen molar-refractivity contribution >= 4 is 23.4 Å². The van der Waals surface area contributed by atoms with Gasteiger partial charge < -0.3 is 21.1 Å². The van der Waals surface area contributed by atoms with Gasteiger partial charge in [0.25, 0.3) is 0 Å². The summed E-state index contributed by atoms with van der Waals surface area (Å²) >= 11 is 0. The molecule has 0 aromatic heterocycles. The van der Waals surface area contributed by atoms with Crippen molar-refractivity contribution in [1.82, 2.24) is 4.90 Å². The predicted octanol–water partition coefficient (Wildman–Crippen LogP) is 1.45. The number of nitrogens with zero attached hydrogens (tertiary/aromatic N) is 1. The Morgan fingerprint density at radius 2 is 2.12 bits per heavy atom. The zero-order valence-electron chi connectivity index (χ0n) is 9.73. The summed E-state index contributed by atoms with van der Waals surface area (Å²) in [6.45, 7) is 2.35. The number of carboxylic acids is 1. The summed E-state index contributed by atoms with van der Waals surface area (Å²) in [5.41, 5.74) is 6.04. The molecule has 0 spiro atoms. The van der Waals surface area contributed by atoms with Gasteiger partial charge in [-0.05, 0) is 25.1 Å². The van der Waals surface area contributed by atoms with Crippen LogP contribution in [-0.2, 0) is 0 Å². The third-order valence-electron chi connectivity index (χ3n) is 2.34. The summed E-state index contributed by atoms with van der Waals surface area (Å²) in [5.74, 6) is -1.13. The number of carbonyl (C=O) groups is 2. The molecule has 0 aliphatic rings. The van der Waals surface area contributed by atoms with Crippen LogP contribution in [0.5, 0.6) is 0 Å². The smallest absolute Gasteiger partial charge is 0.337 e. The van der Waals surface area contributed by atoms with Crippen LogP contribution in [0.15, 0.2) is 18.2 Å². The van der Waals surface area contributed by atoms with Crippen LogP contribution in [0, 0.1) is 0 Å². The number of aromatic carboxylic acids is 1. The van der Waals surface area contributed by atoms with Crippen LogP contribution in [0.1, 0.15) is 17.3 Å². The van der Waals surface area contributed by atoms with Crippen molar-refractivity contribution in [2.45, 2.75) is 6.92 Å². The first-order valence-electron chi connectivity index (χ1n) is 5.10. The lowest BCUT2D eigenvalue weighted by molar-refractivity contribution is 0.0698. The molecule has 0 aliphatic carbocycles. The molecule has 0 saturated carbocycles. The quantitative estimate of drug-likeness (QED) is 0.693. The maximum absolute atomic E-state index is 11.6. The van der Waals surface area contributed by atoms with E-state index in [0.717, 1.165) is 0 Å². The standard InChI is InChI=1S/C11H15N3O3/c1-3-14(2)11(17)13-9-5-4-7(12)6-8(9)10(15)16/h4-6H,3,12H2,1-2H3,(H,13,17)(H,15,16). The number of urea groups is 1. The molecule has 1 aromatic carbocycles. The second-order valence-electron chi connectivity index (χ2n) is 3.55. The third-order valence-corrected chi connectivity index (χ3v) is 2.34. The predicted molar refractivity (Wildman–Crippen MR) is 65.1 cm³/mol. The lowest BCUT2D eigenvalue weighted by atomic mass is 10.1. The number of nitrogen functional groups attached to an aromatic ring is 1. The highest BCUT2D eigenvalue weighted by molar-refractivity contribution is 6.00. The SMILES string of the molecule is CCN(C)C(=O)Nc1ccc(N)cc1C(=O)O. The highest BCUT2D eigenvalue weighted by Gasteiger charge is 2.14. The number of benzene rings is 1. The third kappa shape index (κ3) is 3.10. The molecule has 0 aliphatic heterocycles. The number of nitrogens with two attached hydrogens (primary N) is 1. The second kappa shape index (κ2) is 5.20. The normalized spacial score (nSPS) is 9.76. The van der Waals surface area contributed by atoms with Gasteiger partial charge in [0.2, 0.25) is 0 Å². The highest BCUT2D eigenvalue weighted by atomic mass is 16.4. The topological polar surface area (TPSA) is 95.7 Å². The van der Waals surface area contributed by atoms with Gasteiger partial charge in [-0.15, -0.1) is 0 Å². The van der Waals surface area contributed by atoms with E-state index in [4.69, 9.17) is 10.8 Å². The Morgan fingerprint density at radius 3 is 2.65 bits per heavy atom. The Bertz CT molecular complexity index is 446. The molecule has 0 atom stereocenters. The van der Waals surface area contributed by atoms with Crippen molar-refractivity contribution in [2.75, 3.05) is 24.6 Å². The Balaban J connectivity index is 2.98. The molecule has 2 amide bonds. The van der Waals surface area contributed by atoms with Gasteiger partial charge in [0.1, 0.15) is 0 Å². The average Bonchev–Trinajstić information content (AvgIpc) is 2.29. The van der Waals surface area contributed by atoms with E-state index in [9.17, 15) is 9.59 Å². The van der Waals surface area contributed by atoms with Gasteiger partial charge in [-0.1, -0.05) is 0 Å². The molecule has 92 valence electrons. The second-order valence-corrected chi connectivity index (χ2v) is 3.55. The summed E-state index contributed by atoms with van der Waals surface area (Å²) in [4.78, 5) is 24.0. The average molecular weight is 237 g/mol. The monoisotopic (exact) mass is 237 g/mol. The van der Waals surface area contributed by atoms with Gasteiger partial charge >= 0.3 is 12.0 Å². The maximum Gasteiger partial charge on any atom is 0.337 e. The summed E-state index contributed by atoms with van der Waals surface area (Å²) in [6, 6.07) is 3.96. The maximum atomic E-state index is 11.6. The fourth-order valence-electron chi connectivity index (χ4n) is 1.20. The summed E-state index contributed by atoms with van der Waals surface area (Å²) in [7, 11) is 1.62. The summed E-state index contributed by atoms with van der Waals surface area (Å²) < 4.78 is 0. The van der Waals surface area contributed by atoms with Crippen molar-refractivity contribution in [1.29, 1.82) is 0 Å². The van der Waals surface area contributed by atoms with E-state index in [1.54, 1.807) is 7.05 Å². The number of carboxylic acid groups (broad SMARTS) is 1. The van der Waals surface area contributed by atoms with E-state index in [-0.39, 0.29) is 17.3 Å². The lowest BCUT2D eigenvalue weighted by Crippen LogP contribution is -2.31. The molecular formula is C11H15N3O3.